The Kier molecular flexibility index (Phi) is 12.4. The summed E-state index contributed by atoms with van der Waals surface area (Å²) in [7, 11) is 0. The van der Waals surface area contributed by atoms with Crippen LogP contribution in [-0.2, 0) is 18.9 Å². The van der Waals surface area contributed by atoms with Crippen LogP contribution in [0.25, 0.3) is 0 Å². The van der Waals surface area contributed by atoms with Crippen molar-refractivity contribution < 1.29 is 28.5 Å². The van der Waals surface area contributed by atoms with E-state index < -0.39 is 12.3 Å². The molecule has 0 aromatic carbocycles. The minimum absolute atomic E-state index is 0. The van der Waals surface area contributed by atoms with Gasteiger partial charge in [-0.05, 0) is 13.8 Å². The quantitative estimate of drug-likeness (QED) is 0.497. The van der Waals surface area contributed by atoms with Gasteiger partial charge in [0.1, 0.15) is 13.2 Å². The van der Waals surface area contributed by atoms with Gasteiger partial charge in [-0.1, -0.05) is 0 Å². The van der Waals surface area contributed by atoms with E-state index in [0.29, 0.717) is 26.4 Å². The molecule has 0 amide bonds. The normalized spacial score (nSPS) is 12.3. The molecule has 1 aliphatic heterocycles. The number of ether oxygens (including phenoxy) is 4. The van der Waals surface area contributed by atoms with Crippen molar-refractivity contribution in [3.05, 3.63) is 0 Å². The fraction of sp³-hybridized carbons (Fsp3) is 0.750. The second-order valence-corrected chi connectivity index (χ2v) is 2.06. The zero-order valence-corrected chi connectivity index (χ0v) is 8.28. The predicted molar refractivity (Wildman–Crippen MR) is 53.1 cm³/mol. The number of hydrogen-bond acceptors (Lipinski definition) is 6. The molecule has 0 aromatic rings. The number of cyclic esters (lactones) is 2. The van der Waals surface area contributed by atoms with E-state index in [4.69, 9.17) is 0 Å². The first-order chi connectivity index (χ1) is 6.70. The molecule has 0 aliphatic carbocycles. The Morgan fingerprint density at radius 3 is 1.80 bits per heavy atom. The summed E-state index contributed by atoms with van der Waals surface area (Å²) in [5, 5.41) is 0. The van der Waals surface area contributed by atoms with Crippen LogP contribution in [0.5, 0.6) is 0 Å². The second-order valence-electron chi connectivity index (χ2n) is 2.06. The number of rotatable bonds is 2. The van der Waals surface area contributed by atoms with Crippen molar-refractivity contribution in [2.45, 2.75) is 13.8 Å². The topological polar surface area (TPSA) is 71.1 Å². The molecule has 0 N–H and O–H groups in total. The summed E-state index contributed by atoms with van der Waals surface area (Å²) in [6.07, 6.45) is -1.13. The summed E-state index contributed by atoms with van der Waals surface area (Å²) in [5.74, 6) is 0. The Hall–Kier alpha value is -0.863. The molecule has 1 rings (SSSR count). The first-order valence-corrected chi connectivity index (χ1v) is 4.29. The third-order valence-electron chi connectivity index (χ3n) is 1.05. The molecule has 15 heavy (non-hydrogen) atoms. The zero-order chi connectivity index (χ0) is 10.8. The SMILES string of the molecule is CCOC(=O)OCC.O=C1OCCO1.[LiH]. The van der Waals surface area contributed by atoms with Crippen molar-refractivity contribution in [3.63, 3.8) is 0 Å². The Morgan fingerprint density at radius 1 is 1.20 bits per heavy atom. The Labute approximate surface area is 100 Å². The molecule has 1 heterocycles. The van der Waals surface area contributed by atoms with Gasteiger partial charge in [0.2, 0.25) is 0 Å². The Morgan fingerprint density at radius 2 is 1.60 bits per heavy atom. The first kappa shape index (κ1) is 16.6. The van der Waals surface area contributed by atoms with Crippen LogP contribution in [-0.4, -0.2) is 57.6 Å². The van der Waals surface area contributed by atoms with E-state index in [1.54, 1.807) is 13.8 Å². The van der Waals surface area contributed by atoms with Crippen LogP contribution in [0.15, 0.2) is 0 Å². The summed E-state index contributed by atoms with van der Waals surface area (Å²) in [5.41, 5.74) is 0. The van der Waals surface area contributed by atoms with E-state index in [9.17, 15) is 9.59 Å². The molecule has 0 unspecified atom stereocenters. The van der Waals surface area contributed by atoms with Gasteiger partial charge in [-0.3, -0.25) is 0 Å². The van der Waals surface area contributed by atoms with E-state index in [-0.39, 0.29) is 18.9 Å². The van der Waals surface area contributed by atoms with Gasteiger partial charge in [-0.15, -0.1) is 0 Å². The Bertz CT molecular complexity index is 168. The van der Waals surface area contributed by atoms with E-state index in [0.717, 1.165) is 0 Å². The molecule has 0 bridgehead atoms. The molecular weight excluding hydrogens is 199 g/mol. The standard InChI is InChI=1S/C5H10O3.C3H4O3.Li.H/c1-3-7-5(6)8-4-2;4-3-5-1-2-6-3;;/h3-4H2,1-2H3;1-2H2;;. The molecule has 1 saturated heterocycles. The summed E-state index contributed by atoms with van der Waals surface area (Å²) < 4.78 is 17.4. The van der Waals surface area contributed by atoms with Crippen molar-refractivity contribution >= 4 is 31.2 Å². The van der Waals surface area contributed by atoms with Crippen molar-refractivity contribution in [3.8, 4) is 0 Å². The van der Waals surface area contributed by atoms with Crippen LogP contribution >= 0.6 is 0 Å². The Balaban J connectivity index is 0. The van der Waals surface area contributed by atoms with E-state index in [2.05, 4.69) is 18.9 Å². The van der Waals surface area contributed by atoms with Gasteiger partial charge in [-0.2, -0.15) is 0 Å². The maximum absolute atomic E-state index is 10.2. The summed E-state index contributed by atoms with van der Waals surface area (Å²) in [6, 6.07) is 0. The molecule has 1 aliphatic rings. The van der Waals surface area contributed by atoms with E-state index >= 15 is 0 Å². The number of hydrogen-bond donors (Lipinski definition) is 0. The predicted octanol–water partition coefficient (Wildman–Crippen LogP) is 0.684. The first-order valence-electron chi connectivity index (χ1n) is 4.29. The third-order valence-corrected chi connectivity index (χ3v) is 1.05. The number of carbonyl (C=O) groups excluding carboxylic acids is 2. The monoisotopic (exact) mass is 214 g/mol. The van der Waals surface area contributed by atoms with Crippen LogP contribution < -0.4 is 0 Å². The van der Waals surface area contributed by atoms with E-state index in [1.165, 1.54) is 0 Å². The van der Waals surface area contributed by atoms with Gasteiger partial charge in [0.15, 0.2) is 0 Å². The summed E-state index contributed by atoms with van der Waals surface area (Å²) >= 11 is 0. The molecule has 0 saturated carbocycles. The zero-order valence-electron chi connectivity index (χ0n) is 8.28. The fourth-order valence-electron chi connectivity index (χ4n) is 0.569. The van der Waals surface area contributed by atoms with Gasteiger partial charge in [0.25, 0.3) is 0 Å². The van der Waals surface area contributed by atoms with Crippen LogP contribution in [0.2, 0.25) is 0 Å². The number of carbonyl (C=O) groups is 2. The summed E-state index contributed by atoms with van der Waals surface area (Å²) in [4.78, 5) is 20.0. The molecule has 0 atom stereocenters. The second kappa shape index (κ2) is 11.2. The van der Waals surface area contributed by atoms with Crippen molar-refractivity contribution in [1.82, 2.24) is 0 Å². The molecule has 6 nitrogen and oxygen atoms in total. The molecule has 0 spiro atoms. The van der Waals surface area contributed by atoms with Gasteiger partial charge >= 0.3 is 31.2 Å². The van der Waals surface area contributed by atoms with Crippen LogP contribution in [0.1, 0.15) is 13.8 Å². The van der Waals surface area contributed by atoms with Gasteiger partial charge in [-0.25, -0.2) is 9.59 Å². The van der Waals surface area contributed by atoms with Crippen molar-refractivity contribution in [2.24, 2.45) is 0 Å². The van der Waals surface area contributed by atoms with Crippen LogP contribution in [0, 0.1) is 0 Å². The third kappa shape index (κ3) is 11.1. The van der Waals surface area contributed by atoms with Gasteiger partial charge < -0.3 is 18.9 Å². The van der Waals surface area contributed by atoms with Crippen LogP contribution in [0.3, 0.4) is 0 Å². The molecule has 7 heteroatoms. The van der Waals surface area contributed by atoms with E-state index in [1.807, 2.05) is 0 Å². The van der Waals surface area contributed by atoms with Gasteiger partial charge in [0, 0.05) is 0 Å². The fourth-order valence-corrected chi connectivity index (χ4v) is 0.569. The van der Waals surface area contributed by atoms with Crippen molar-refractivity contribution in [2.75, 3.05) is 26.4 Å². The van der Waals surface area contributed by atoms with Gasteiger partial charge in [0.05, 0.1) is 13.2 Å². The molecule has 1 fully saturated rings. The molecular formula is C8H15LiO6. The average Bonchev–Trinajstić information content (AvgIpc) is 2.58. The minimum atomic E-state index is -0.588. The summed E-state index contributed by atoms with van der Waals surface area (Å²) in [6.45, 7) is 5.04. The molecule has 0 aromatic heterocycles. The average molecular weight is 214 g/mol. The van der Waals surface area contributed by atoms with Crippen molar-refractivity contribution in [1.29, 1.82) is 0 Å². The molecule has 0 radical (unpaired) electrons. The molecule has 84 valence electrons. The maximum atomic E-state index is 10.2. The van der Waals surface area contributed by atoms with Crippen LogP contribution in [0.4, 0.5) is 9.59 Å².